The molecule has 2 aromatic carbocycles. The largest absolute Gasteiger partial charge is 0.494 e. The molecule has 5 heteroatoms. The zero-order valence-electron chi connectivity index (χ0n) is 13.2. The summed E-state index contributed by atoms with van der Waals surface area (Å²) in [4.78, 5) is 11.9. The van der Waals surface area contributed by atoms with E-state index in [0.29, 0.717) is 18.8 Å². The van der Waals surface area contributed by atoms with Gasteiger partial charge < -0.3 is 20.5 Å². The Kier molecular flexibility index (Phi) is 6.59. The summed E-state index contributed by atoms with van der Waals surface area (Å²) in [6, 6.07) is 16.6. The van der Waals surface area contributed by atoms with E-state index in [2.05, 4.69) is 10.6 Å². The van der Waals surface area contributed by atoms with Gasteiger partial charge >= 0.3 is 0 Å². The number of aliphatic hydroxyl groups is 1. The van der Waals surface area contributed by atoms with Crippen LogP contribution in [-0.4, -0.2) is 30.7 Å². The number of benzene rings is 2. The molecule has 2 aromatic rings. The summed E-state index contributed by atoms with van der Waals surface area (Å²) < 4.78 is 5.35. The fourth-order valence-electron chi connectivity index (χ4n) is 2.12. The SMILES string of the molecule is CCOc1ccc(NC(=O)CNCC(O)c2ccccc2)cc1. The van der Waals surface area contributed by atoms with Crippen LogP contribution in [0.5, 0.6) is 5.75 Å². The summed E-state index contributed by atoms with van der Waals surface area (Å²) in [5.41, 5.74) is 1.54. The summed E-state index contributed by atoms with van der Waals surface area (Å²) >= 11 is 0. The average molecular weight is 314 g/mol. The first-order chi connectivity index (χ1) is 11.2. The summed E-state index contributed by atoms with van der Waals surface area (Å²) in [6.07, 6.45) is -0.630. The molecule has 1 unspecified atom stereocenters. The molecule has 0 fully saturated rings. The molecule has 0 spiro atoms. The lowest BCUT2D eigenvalue weighted by molar-refractivity contribution is -0.115. The van der Waals surface area contributed by atoms with E-state index in [1.165, 1.54) is 0 Å². The van der Waals surface area contributed by atoms with E-state index >= 15 is 0 Å². The molecule has 0 radical (unpaired) electrons. The van der Waals surface area contributed by atoms with Crippen molar-refractivity contribution < 1.29 is 14.6 Å². The standard InChI is InChI=1S/C18H22N2O3/c1-2-23-16-10-8-15(9-11-16)20-18(22)13-19-12-17(21)14-6-4-3-5-7-14/h3-11,17,19,21H,2,12-13H2,1H3,(H,20,22). The summed E-state index contributed by atoms with van der Waals surface area (Å²) in [5, 5.41) is 15.7. The monoisotopic (exact) mass is 314 g/mol. The van der Waals surface area contributed by atoms with Crippen LogP contribution in [0.1, 0.15) is 18.6 Å². The quantitative estimate of drug-likeness (QED) is 0.699. The number of rotatable bonds is 8. The Balaban J connectivity index is 1.72. The van der Waals surface area contributed by atoms with Crippen LogP contribution < -0.4 is 15.4 Å². The van der Waals surface area contributed by atoms with E-state index in [-0.39, 0.29) is 12.5 Å². The third kappa shape index (κ3) is 5.73. The number of hydrogen-bond acceptors (Lipinski definition) is 4. The summed E-state index contributed by atoms with van der Waals surface area (Å²) in [7, 11) is 0. The molecule has 0 aliphatic rings. The van der Waals surface area contributed by atoms with Crippen LogP contribution in [0.25, 0.3) is 0 Å². The van der Waals surface area contributed by atoms with E-state index in [4.69, 9.17) is 4.74 Å². The van der Waals surface area contributed by atoms with Crippen molar-refractivity contribution in [1.82, 2.24) is 5.32 Å². The fourth-order valence-corrected chi connectivity index (χ4v) is 2.12. The highest BCUT2D eigenvalue weighted by molar-refractivity contribution is 5.92. The lowest BCUT2D eigenvalue weighted by atomic mass is 10.1. The second-order valence-corrected chi connectivity index (χ2v) is 5.06. The van der Waals surface area contributed by atoms with Gasteiger partial charge in [-0.25, -0.2) is 0 Å². The van der Waals surface area contributed by atoms with Crippen LogP contribution in [-0.2, 0) is 4.79 Å². The van der Waals surface area contributed by atoms with Gasteiger partial charge in [0, 0.05) is 12.2 Å². The number of ether oxygens (including phenoxy) is 1. The molecule has 0 saturated heterocycles. The lowest BCUT2D eigenvalue weighted by Crippen LogP contribution is -2.31. The minimum absolute atomic E-state index is 0.136. The molecule has 0 saturated carbocycles. The molecule has 2 rings (SSSR count). The average Bonchev–Trinajstić information content (AvgIpc) is 2.57. The fraction of sp³-hybridized carbons (Fsp3) is 0.278. The number of amides is 1. The van der Waals surface area contributed by atoms with Crippen LogP contribution in [0, 0.1) is 0 Å². The normalized spacial score (nSPS) is 11.7. The van der Waals surface area contributed by atoms with Crippen molar-refractivity contribution in [3.8, 4) is 5.75 Å². The second-order valence-electron chi connectivity index (χ2n) is 5.06. The molecule has 122 valence electrons. The topological polar surface area (TPSA) is 70.6 Å². The van der Waals surface area contributed by atoms with E-state index in [0.717, 1.165) is 11.3 Å². The van der Waals surface area contributed by atoms with Crippen LogP contribution in [0.4, 0.5) is 5.69 Å². The number of nitrogens with one attached hydrogen (secondary N) is 2. The van der Waals surface area contributed by atoms with E-state index < -0.39 is 6.10 Å². The third-order valence-electron chi connectivity index (χ3n) is 3.26. The molecule has 23 heavy (non-hydrogen) atoms. The molecular formula is C18H22N2O3. The van der Waals surface area contributed by atoms with Crippen LogP contribution in [0.3, 0.4) is 0 Å². The Bertz CT molecular complexity index is 599. The Labute approximate surface area is 136 Å². The molecule has 0 aliphatic heterocycles. The van der Waals surface area contributed by atoms with Crippen molar-refractivity contribution in [3.05, 3.63) is 60.2 Å². The molecule has 0 heterocycles. The highest BCUT2D eigenvalue weighted by Gasteiger charge is 2.08. The summed E-state index contributed by atoms with van der Waals surface area (Å²) in [6.45, 7) is 2.99. The zero-order chi connectivity index (χ0) is 16.5. The molecule has 0 bridgehead atoms. The Morgan fingerprint density at radius 1 is 1.13 bits per heavy atom. The Morgan fingerprint density at radius 3 is 2.48 bits per heavy atom. The van der Waals surface area contributed by atoms with Gasteiger partial charge in [0.15, 0.2) is 0 Å². The Morgan fingerprint density at radius 2 is 1.83 bits per heavy atom. The Hall–Kier alpha value is -2.37. The molecule has 1 atom stereocenters. The molecule has 3 N–H and O–H groups in total. The lowest BCUT2D eigenvalue weighted by Gasteiger charge is -2.12. The van der Waals surface area contributed by atoms with Crippen LogP contribution in [0.2, 0.25) is 0 Å². The van der Waals surface area contributed by atoms with Crippen molar-refractivity contribution >= 4 is 11.6 Å². The van der Waals surface area contributed by atoms with Crippen LogP contribution >= 0.6 is 0 Å². The predicted octanol–water partition coefficient (Wildman–Crippen LogP) is 2.35. The van der Waals surface area contributed by atoms with Gasteiger partial charge in [0.2, 0.25) is 5.91 Å². The van der Waals surface area contributed by atoms with E-state index in [1.807, 2.05) is 49.4 Å². The van der Waals surface area contributed by atoms with Crippen molar-refractivity contribution in [2.45, 2.75) is 13.0 Å². The van der Waals surface area contributed by atoms with Gasteiger partial charge in [0.1, 0.15) is 5.75 Å². The molecule has 0 aliphatic carbocycles. The van der Waals surface area contributed by atoms with Gasteiger partial charge in [-0.3, -0.25) is 4.79 Å². The van der Waals surface area contributed by atoms with Gasteiger partial charge in [-0.05, 0) is 36.8 Å². The molecular weight excluding hydrogens is 292 g/mol. The number of anilines is 1. The maximum absolute atomic E-state index is 11.9. The van der Waals surface area contributed by atoms with Crippen molar-refractivity contribution in [2.24, 2.45) is 0 Å². The smallest absolute Gasteiger partial charge is 0.238 e. The van der Waals surface area contributed by atoms with Crippen molar-refractivity contribution in [2.75, 3.05) is 25.0 Å². The first-order valence-electron chi connectivity index (χ1n) is 7.65. The van der Waals surface area contributed by atoms with Crippen LogP contribution in [0.15, 0.2) is 54.6 Å². The highest BCUT2D eigenvalue weighted by atomic mass is 16.5. The highest BCUT2D eigenvalue weighted by Crippen LogP contribution is 2.15. The maximum atomic E-state index is 11.9. The first-order valence-corrected chi connectivity index (χ1v) is 7.65. The van der Waals surface area contributed by atoms with Crippen molar-refractivity contribution in [3.63, 3.8) is 0 Å². The molecule has 5 nitrogen and oxygen atoms in total. The van der Waals surface area contributed by atoms with Crippen molar-refractivity contribution in [1.29, 1.82) is 0 Å². The van der Waals surface area contributed by atoms with E-state index in [1.54, 1.807) is 12.1 Å². The number of carbonyl (C=O) groups excluding carboxylic acids is 1. The van der Waals surface area contributed by atoms with Gasteiger partial charge in [0.05, 0.1) is 19.3 Å². The molecule has 1 amide bonds. The van der Waals surface area contributed by atoms with Gasteiger partial charge in [-0.2, -0.15) is 0 Å². The minimum atomic E-state index is -0.630. The maximum Gasteiger partial charge on any atom is 0.238 e. The number of hydrogen-bond donors (Lipinski definition) is 3. The number of carbonyl (C=O) groups is 1. The van der Waals surface area contributed by atoms with Gasteiger partial charge in [-0.15, -0.1) is 0 Å². The van der Waals surface area contributed by atoms with Gasteiger partial charge in [-0.1, -0.05) is 30.3 Å². The second kappa shape index (κ2) is 8.92. The zero-order valence-corrected chi connectivity index (χ0v) is 13.2. The van der Waals surface area contributed by atoms with E-state index in [9.17, 15) is 9.90 Å². The molecule has 0 aromatic heterocycles. The third-order valence-corrected chi connectivity index (χ3v) is 3.26. The minimum Gasteiger partial charge on any atom is -0.494 e. The predicted molar refractivity (Wildman–Crippen MR) is 90.5 cm³/mol. The summed E-state index contributed by atoms with van der Waals surface area (Å²) in [5.74, 6) is 0.615. The van der Waals surface area contributed by atoms with Gasteiger partial charge in [0.25, 0.3) is 0 Å². The number of aliphatic hydroxyl groups excluding tert-OH is 1. The first kappa shape index (κ1) is 17.0.